The molecule has 1 aromatic carbocycles. The molecule has 92 valence electrons. The van der Waals surface area contributed by atoms with Crippen LogP contribution in [0.4, 0.5) is 0 Å². The highest BCUT2D eigenvalue weighted by molar-refractivity contribution is 5.97. The molecule has 0 heterocycles. The third-order valence-electron chi connectivity index (χ3n) is 2.88. The molecule has 1 aromatic rings. The highest BCUT2D eigenvalue weighted by Crippen LogP contribution is 2.27. The first-order valence-electron chi connectivity index (χ1n) is 6.26. The van der Waals surface area contributed by atoms with Gasteiger partial charge in [0.1, 0.15) is 5.75 Å². The molecule has 0 bridgehead atoms. The van der Waals surface area contributed by atoms with Crippen LogP contribution in [0.3, 0.4) is 0 Å². The average Bonchev–Trinajstić information content (AvgIpc) is 3.14. The number of hydrogen-bond donors (Lipinski definition) is 1. The van der Waals surface area contributed by atoms with Gasteiger partial charge in [0, 0.05) is 5.56 Å². The molecule has 0 unspecified atom stereocenters. The average molecular weight is 233 g/mol. The van der Waals surface area contributed by atoms with Crippen LogP contribution in [0.1, 0.15) is 30.1 Å². The standard InChI is InChI=1S/C14H19NO2/c1-2-17-13-5-3-4-12(8-13)14(16)10-15-9-11-6-7-11/h3-5,8,11,15H,2,6-7,9-10H2,1H3. The lowest BCUT2D eigenvalue weighted by molar-refractivity contribution is 0.0990. The van der Waals surface area contributed by atoms with Crippen LogP contribution in [-0.2, 0) is 0 Å². The number of Topliss-reactive ketones (excluding diaryl/α,β-unsaturated/α-hetero) is 1. The zero-order valence-electron chi connectivity index (χ0n) is 10.2. The summed E-state index contributed by atoms with van der Waals surface area (Å²) in [6, 6.07) is 7.38. The minimum absolute atomic E-state index is 0.132. The molecule has 0 amide bonds. The summed E-state index contributed by atoms with van der Waals surface area (Å²) >= 11 is 0. The topological polar surface area (TPSA) is 38.3 Å². The van der Waals surface area contributed by atoms with E-state index in [2.05, 4.69) is 5.32 Å². The molecule has 2 rings (SSSR count). The molecular formula is C14H19NO2. The van der Waals surface area contributed by atoms with Gasteiger partial charge in [-0.2, -0.15) is 0 Å². The van der Waals surface area contributed by atoms with Crippen molar-refractivity contribution in [3.8, 4) is 5.75 Å². The first-order chi connectivity index (χ1) is 8.29. The van der Waals surface area contributed by atoms with Gasteiger partial charge >= 0.3 is 0 Å². The molecule has 17 heavy (non-hydrogen) atoms. The predicted molar refractivity (Wildman–Crippen MR) is 67.5 cm³/mol. The lowest BCUT2D eigenvalue weighted by Gasteiger charge is -2.06. The fourth-order valence-electron chi connectivity index (χ4n) is 1.74. The van der Waals surface area contributed by atoms with Crippen molar-refractivity contribution in [1.82, 2.24) is 5.32 Å². The van der Waals surface area contributed by atoms with E-state index in [0.29, 0.717) is 13.2 Å². The van der Waals surface area contributed by atoms with Crippen molar-refractivity contribution in [3.63, 3.8) is 0 Å². The van der Waals surface area contributed by atoms with E-state index in [1.807, 2.05) is 31.2 Å². The first kappa shape index (κ1) is 12.1. The zero-order valence-corrected chi connectivity index (χ0v) is 10.2. The monoisotopic (exact) mass is 233 g/mol. The fraction of sp³-hybridized carbons (Fsp3) is 0.500. The van der Waals surface area contributed by atoms with Gasteiger partial charge in [-0.25, -0.2) is 0 Å². The largest absolute Gasteiger partial charge is 0.494 e. The van der Waals surface area contributed by atoms with E-state index < -0.39 is 0 Å². The Morgan fingerprint density at radius 1 is 1.47 bits per heavy atom. The zero-order chi connectivity index (χ0) is 12.1. The van der Waals surface area contributed by atoms with Crippen LogP contribution in [0, 0.1) is 5.92 Å². The van der Waals surface area contributed by atoms with Crippen LogP contribution in [0.25, 0.3) is 0 Å². The molecule has 1 aliphatic carbocycles. The van der Waals surface area contributed by atoms with Crippen LogP contribution in [0.15, 0.2) is 24.3 Å². The van der Waals surface area contributed by atoms with Crippen LogP contribution >= 0.6 is 0 Å². The molecule has 1 N–H and O–H groups in total. The van der Waals surface area contributed by atoms with Crippen molar-refractivity contribution >= 4 is 5.78 Å². The van der Waals surface area contributed by atoms with Gasteiger partial charge in [-0.1, -0.05) is 12.1 Å². The molecule has 0 saturated heterocycles. The lowest BCUT2D eigenvalue weighted by Crippen LogP contribution is -2.24. The van der Waals surface area contributed by atoms with Gasteiger partial charge in [0.25, 0.3) is 0 Å². The third-order valence-corrected chi connectivity index (χ3v) is 2.88. The van der Waals surface area contributed by atoms with Gasteiger partial charge in [0.2, 0.25) is 0 Å². The van der Waals surface area contributed by atoms with Crippen LogP contribution in [0.5, 0.6) is 5.75 Å². The predicted octanol–water partition coefficient (Wildman–Crippen LogP) is 2.27. The minimum Gasteiger partial charge on any atom is -0.494 e. The number of benzene rings is 1. The van der Waals surface area contributed by atoms with Crippen molar-refractivity contribution in [2.45, 2.75) is 19.8 Å². The molecule has 1 fully saturated rings. The quantitative estimate of drug-likeness (QED) is 0.734. The molecule has 3 heteroatoms. The number of hydrogen-bond acceptors (Lipinski definition) is 3. The van der Waals surface area contributed by atoms with Crippen LogP contribution in [-0.4, -0.2) is 25.5 Å². The summed E-state index contributed by atoms with van der Waals surface area (Å²) in [7, 11) is 0. The maximum atomic E-state index is 11.9. The number of ether oxygens (including phenoxy) is 1. The second kappa shape index (κ2) is 5.82. The van der Waals surface area contributed by atoms with Gasteiger partial charge in [0.05, 0.1) is 13.2 Å². The number of rotatable bonds is 7. The molecule has 1 aliphatic rings. The summed E-state index contributed by atoms with van der Waals surface area (Å²) in [4.78, 5) is 11.9. The Morgan fingerprint density at radius 3 is 3.00 bits per heavy atom. The molecule has 1 saturated carbocycles. The summed E-state index contributed by atoms with van der Waals surface area (Å²) in [6.07, 6.45) is 2.61. The van der Waals surface area contributed by atoms with E-state index in [9.17, 15) is 4.79 Å². The van der Waals surface area contributed by atoms with Gasteiger partial charge in [0.15, 0.2) is 5.78 Å². The molecule has 0 aliphatic heterocycles. The number of nitrogens with one attached hydrogen (secondary N) is 1. The summed E-state index contributed by atoms with van der Waals surface area (Å²) in [5.41, 5.74) is 0.722. The molecular weight excluding hydrogens is 214 g/mol. The highest BCUT2D eigenvalue weighted by atomic mass is 16.5. The van der Waals surface area contributed by atoms with Crippen LogP contribution < -0.4 is 10.1 Å². The van der Waals surface area contributed by atoms with Crippen molar-refractivity contribution in [1.29, 1.82) is 0 Å². The smallest absolute Gasteiger partial charge is 0.176 e. The molecule has 0 aromatic heterocycles. The third kappa shape index (κ3) is 3.86. The Hall–Kier alpha value is -1.35. The first-order valence-corrected chi connectivity index (χ1v) is 6.26. The van der Waals surface area contributed by atoms with E-state index in [-0.39, 0.29) is 5.78 Å². The molecule has 0 spiro atoms. The number of carbonyl (C=O) groups excluding carboxylic acids is 1. The van der Waals surface area contributed by atoms with E-state index >= 15 is 0 Å². The number of carbonyl (C=O) groups is 1. The van der Waals surface area contributed by atoms with Gasteiger partial charge in [-0.05, 0) is 44.4 Å². The molecule has 0 radical (unpaired) electrons. The van der Waals surface area contributed by atoms with Gasteiger partial charge < -0.3 is 10.1 Å². The summed E-state index contributed by atoms with van der Waals surface area (Å²) in [5.74, 6) is 1.70. The van der Waals surface area contributed by atoms with Crippen molar-refractivity contribution in [2.75, 3.05) is 19.7 Å². The second-order valence-corrected chi connectivity index (χ2v) is 4.46. The normalized spacial score (nSPS) is 14.6. The van der Waals surface area contributed by atoms with Crippen molar-refractivity contribution < 1.29 is 9.53 Å². The van der Waals surface area contributed by atoms with E-state index in [4.69, 9.17) is 4.74 Å². The van der Waals surface area contributed by atoms with Crippen molar-refractivity contribution in [3.05, 3.63) is 29.8 Å². The molecule has 3 nitrogen and oxygen atoms in total. The number of ketones is 1. The second-order valence-electron chi connectivity index (χ2n) is 4.46. The van der Waals surface area contributed by atoms with Gasteiger partial charge in [-0.15, -0.1) is 0 Å². The fourth-order valence-corrected chi connectivity index (χ4v) is 1.74. The molecule has 0 atom stereocenters. The Kier molecular flexibility index (Phi) is 4.15. The van der Waals surface area contributed by atoms with Gasteiger partial charge in [-0.3, -0.25) is 4.79 Å². The SMILES string of the molecule is CCOc1cccc(C(=O)CNCC2CC2)c1. The Bertz CT molecular complexity index is 386. The van der Waals surface area contributed by atoms with E-state index in [0.717, 1.165) is 23.8 Å². The maximum Gasteiger partial charge on any atom is 0.176 e. The van der Waals surface area contributed by atoms with E-state index in [1.165, 1.54) is 12.8 Å². The minimum atomic E-state index is 0.132. The Morgan fingerprint density at radius 2 is 2.29 bits per heavy atom. The maximum absolute atomic E-state index is 11.9. The highest BCUT2D eigenvalue weighted by Gasteiger charge is 2.20. The lowest BCUT2D eigenvalue weighted by atomic mass is 10.1. The summed E-state index contributed by atoms with van der Waals surface area (Å²) < 4.78 is 5.38. The van der Waals surface area contributed by atoms with Crippen molar-refractivity contribution in [2.24, 2.45) is 5.92 Å². The van der Waals surface area contributed by atoms with Crippen LogP contribution in [0.2, 0.25) is 0 Å². The van der Waals surface area contributed by atoms with E-state index in [1.54, 1.807) is 0 Å². The Balaban J connectivity index is 1.85. The summed E-state index contributed by atoms with van der Waals surface area (Å²) in [6.45, 7) is 3.95. The Labute approximate surface area is 102 Å². The summed E-state index contributed by atoms with van der Waals surface area (Å²) in [5, 5.41) is 3.21.